The molecular weight excluding hydrogens is 377 g/mol. The fourth-order valence-corrected chi connectivity index (χ4v) is 2.70. The van der Waals surface area contributed by atoms with Crippen LogP contribution >= 0.6 is 15.9 Å². The summed E-state index contributed by atoms with van der Waals surface area (Å²) in [5, 5.41) is 14.8. The maximum Gasteiger partial charge on any atom is 0.431 e. The fourth-order valence-electron chi connectivity index (χ4n) is 2.25. The molecule has 2 rings (SSSR count). The van der Waals surface area contributed by atoms with E-state index in [1.807, 2.05) is 0 Å². The van der Waals surface area contributed by atoms with Crippen LogP contribution in [0.3, 0.4) is 0 Å². The SMILES string of the molecule is CC(C)(C)C1(O)CC(C(F)(F)F)=NN1C(=O)c1ccccc1Br. The number of hydrazone groups is 1. The Bertz CT molecular complexity index is 667. The van der Waals surface area contributed by atoms with Crippen LogP contribution in [0.5, 0.6) is 0 Å². The molecule has 1 aromatic carbocycles. The first-order valence-corrected chi connectivity index (χ1v) is 7.63. The molecule has 1 atom stereocenters. The molecule has 0 aromatic heterocycles. The predicted octanol–water partition coefficient (Wildman–Crippen LogP) is 3.95. The van der Waals surface area contributed by atoms with Gasteiger partial charge in [-0.05, 0) is 28.1 Å². The summed E-state index contributed by atoms with van der Waals surface area (Å²) < 4.78 is 39.5. The molecule has 1 aliphatic heterocycles. The molecule has 1 N–H and O–H groups in total. The van der Waals surface area contributed by atoms with E-state index in [1.54, 1.807) is 39.0 Å². The summed E-state index contributed by atoms with van der Waals surface area (Å²) in [5.41, 5.74) is -4.14. The second kappa shape index (κ2) is 5.59. The van der Waals surface area contributed by atoms with Crippen LogP contribution in [0.15, 0.2) is 33.8 Å². The summed E-state index contributed by atoms with van der Waals surface area (Å²) in [6.45, 7) is 4.67. The third-order valence-electron chi connectivity index (χ3n) is 3.81. The average Bonchev–Trinajstić information content (AvgIpc) is 2.77. The zero-order chi connectivity index (χ0) is 17.6. The van der Waals surface area contributed by atoms with Gasteiger partial charge in [0.2, 0.25) is 0 Å². The highest BCUT2D eigenvalue weighted by atomic mass is 79.9. The van der Waals surface area contributed by atoms with E-state index in [-0.39, 0.29) is 5.56 Å². The van der Waals surface area contributed by atoms with Crippen molar-refractivity contribution in [1.82, 2.24) is 5.01 Å². The van der Waals surface area contributed by atoms with Gasteiger partial charge in [-0.1, -0.05) is 32.9 Å². The van der Waals surface area contributed by atoms with Crippen LogP contribution in [0.1, 0.15) is 37.6 Å². The summed E-state index contributed by atoms with van der Waals surface area (Å²) in [7, 11) is 0. The van der Waals surface area contributed by atoms with E-state index in [2.05, 4.69) is 21.0 Å². The van der Waals surface area contributed by atoms with Crippen LogP contribution in [-0.4, -0.2) is 33.6 Å². The molecule has 126 valence electrons. The van der Waals surface area contributed by atoms with Gasteiger partial charge in [0.25, 0.3) is 5.91 Å². The largest absolute Gasteiger partial charge is 0.431 e. The number of nitrogens with zero attached hydrogens (tertiary/aromatic N) is 2. The number of alkyl halides is 3. The topological polar surface area (TPSA) is 52.9 Å². The monoisotopic (exact) mass is 392 g/mol. The normalized spacial score (nSPS) is 22.3. The minimum absolute atomic E-state index is 0.127. The van der Waals surface area contributed by atoms with Crippen molar-refractivity contribution in [2.45, 2.75) is 39.1 Å². The maximum absolute atomic E-state index is 13.0. The van der Waals surface area contributed by atoms with E-state index in [4.69, 9.17) is 0 Å². The third-order valence-corrected chi connectivity index (χ3v) is 4.50. The molecule has 1 aliphatic rings. The highest BCUT2D eigenvalue weighted by Crippen LogP contribution is 2.44. The number of amides is 1. The van der Waals surface area contributed by atoms with Crippen LogP contribution in [0.25, 0.3) is 0 Å². The number of halogens is 4. The van der Waals surface area contributed by atoms with E-state index >= 15 is 0 Å². The molecule has 1 aromatic rings. The second-order valence-corrected chi connectivity index (χ2v) is 7.24. The molecular formula is C15H16BrF3N2O2. The molecule has 0 bridgehead atoms. The lowest BCUT2D eigenvalue weighted by Gasteiger charge is -2.41. The lowest BCUT2D eigenvalue weighted by atomic mass is 9.80. The van der Waals surface area contributed by atoms with E-state index in [0.29, 0.717) is 9.48 Å². The van der Waals surface area contributed by atoms with Gasteiger partial charge in [0, 0.05) is 16.3 Å². The summed E-state index contributed by atoms with van der Waals surface area (Å²) >= 11 is 3.19. The first-order chi connectivity index (χ1) is 10.4. The molecule has 1 heterocycles. The van der Waals surface area contributed by atoms with Crippen molar-refractivity contribution in [3.8, 4) is 0 Å². The molecule has 4 nitrogen and oxygen atoms in total. The van der Waals surface area contributed by atoms with Crippen molar-refractivity contribution < 1.29 is 23.1 Å². The van der Waals surface area contributed by atoms with Crippen molar-refractivity contribution in [1.29, 1.82) is 0 Å². The quantitative estimate of drug-likeness (QED) is 0.786. The number of carbonyl (C=O) groups excluding carboxylic acids is 1. The van der Waals surface area contributed by atoms with Gasteiger partial charge in [0.05, 0.1) is 5.56 Å². The Kier molecular flexibility index (Phi) is 4.36. The van der Waals surface area contributed by atoms with Gasteiger partial charge in [-0.3, -0.25) is 4.79 Å². The van der Waals surface area contributed by atoms with Crippen LogP contribution in [-0.2, 0) is 0 Å². The first-order valence-electron chi connectivity index (χ1n) is 6.84. The number of hydrogen-bond donors (Lipinski definition) is 1. The molecule has 0 radical (unpaired) electrons. The number of hydrogen-bond acceptors (Lipinski definition) is 3. The minimum Gasteiger partial charge on any atom is -0.368 e. The molecule has 0 spiro atoms. The first kappa shape index (κ1) is 17.9. The lowest BCUT2D eigenvalue weighted by molar-refractivity contribution is -0.144. The number of aliphatic hydroxyl groups is 1. The van der Waals surface area contributed by atoms with E-state index in [0.717, 1.165) is 0 Å². The Morgan fingerprint density at radius 3 is 2.35 bits per heavy atom. The maximum atomic E-state index is 13.0. The summed E-state index contributed by atoms with van der Waals surface area (Å²) in [6, 6.07) is 6.30. The molecule has 0 fully saturated rings. The zero-order valence-electron chi connectivity index (χ0n) is 12.8. The van der Waals surface area contributed by atoms with E-state index in [9.17, 15) is 23.1 Å². The summed E-state index contributed by atoms with van der Waals surface area (Å²) in [5.74, 6) is -0.797. The van der Waals surface area contributed by atoms with Crippen molar-refractivity contribution in [2.24, 2.45) is 10.5 Å². The Morgan fingerprint density at radius 1 is 1.30 bits per heavy atom. The highest BCUT2D eigenvalue weighted by molar-refractivity contribution is 9.10. The van der Waals surface area contributed by atoms with Crippen molar-refractivity contribution in [3.63, 3.8) is 0 Å². The molecule has 0 saturated carbocycles. The van der Waals surface area contributed by atoms with Crippen molar-refractivity contribution in [2.75, 3.05) is 0 Å². The zero-order valence-corrected chi connectivity index (χ0v) is 14.4. The standard InChI is InChI=1S/C15H16BrF3N2O2/c1-13(2,3)14(23)8-11(15(17,18)19)20-21(14)12(22)9-6-4-5-7-10(9)16/h4-7,23H,8H2,1-3H3. The fraction of sp³-hybridized carbons (Fsp3) is 0.467. The molecule has 1 amide bonds. The lowest BCUT2D eigenvalue weighted by Crippen LogP contribution is -2.55. The average molecular weight is 393 g/mol. The molecule has 8 heteroatoms. The Hall–Kier alpha value is -1.41. The van der Waals surface area contributed by atoms with Gasteiger partial charge in [-0.2, -0.15) is 23.3 Å². The van der Waals surface area contributed by atoms with Crippen molar-refractivity contribution in [3.05, 3.63) is 34.3 Å². The highest BCUT2D eigenvalue weighted by Gasteiger charge is 2.57. The Balaban J connectivity index is 2.53. The van der Waals surface area contributed by atoms with Gasteiger partial charge < -0.3 is 5.11 Å². The van der Waals surface area contributed by atoms with Crippen molar-refractivity contribution >= 4 is 27.5 Å². The van der Waals surface area contributed by atoms with E-state index in [1.165, 1.54) is 6.07 Å². The number of carbonyl (C=O) groups is 1. The summed E-state index contributed by atoms with van der Waals surface area (Å²) in [4.78, 5) is 12.7. The van der Waals surface area contributed by atoms with Crippen LogP contribution in [0.2, 0.25) is 0 Å². The number of benzene rings is 1. The smallest absolute Gasteiger partial charge is 0.368 e. The van der Waals surface area contributed by atoms with Crippen LogP contribution < -0.4 is 0 Å². The molecule has 23 heavy (non-hydrogen) atoms. The van der Waals surface area contributed by atoms with Gasteiger partial charge in [-0.15, -0.1) is 0 Å². The molecule has 0 saturated heterocycles. The van der Waals surface area contributed by atoms with Gasteiger partial charge >= 0.3 is 6.18 Å². The Morgan fingerprint density at radius 2 is 1.87 bits per heavy atom. The van der Waals surface area contributed by atoms with Gasteiger partial charge in [0.15, 0.2) is 5.72 Å². The third kappa shape index (κ3) is 3.14. The predicted molar refractivity (Wildman–Crippen MR) is 82.8 cm³/mol. The van der Waals surface area contributed by atoms with Gasteiger partial charge in [0.1, 0.15) is 5.71 Å². The van der Waals surface area contributed by atoms with Crippen LogP contribution in [0, 0.1) is 5.41 Å². The number of rotatable bonds is 1. The van der Waals surface area contributed by atoms with Gasteiger partial charge in [-0.25, -0.2) is 0 Å². The van der Waals surface area contributed by atoms with E-state index < -0.39 is 35.4 Å². The second-order valence-electron chi connectivity index (χ2n) is 6.38. The molecule has 1 unspecified atom stereocenters. The Labute approximate surface area is 140 Å². The minimum atomic E-state index is -4.71. The molecule has 0 aliphatic carbocycles. The van der Waals surface area contributed by atoms with Crippen LogP contribution in [0.4, 0.5) is 13.2 Å². The summed E-state index contributed by atoms with van der Waals surface area (Å²) in [6.07, 6.45) is -5.47.